The first kappa shape index (κ1) is 14.8. The van der Waals surface area contributed by atoms with Crippen molar-refractivity contribution in [1.82, 2.24) is 5.43 Å². The fraction of sp³-hybridized carbons (Fsp3) is 0.429. The summed E-state index contributed by atoms with van der Waals surface area (Å²) < 4.78 is 28.9. The first-order valence-corrected chi connectivity index (χ1v) is 9.02. The molecule has 0 radical (unpaired) electrons. The summed E-state index contributed by atoms with van der Waals surface area (Å²) in [5, 5.41) is 1.56. The number of sulfone groups is 1. The van der Waals surface area contributed by atoms with Crippen LogP contribution in [-0.2, 0) is 9.84 Å². The Morgan fingerprint density at radius 2 is 2.24 bits per heavy atom. The van der Waals surface area contributed by atoms with Gasteiger partial charge in [0.2, 0.25) is 0 Å². The van der Waals surface area contributed by atoms with Crippen molar-refractivity contribution in [2.45, 2.75) is 18.9 Å². The quantitative estimate of drug-likeness (QED) is 0.665. The lowest BCUT2D eigenvalue weighted by Crippen LogP contribution is -2.29. The summed E-state index contributed by atoms with van der Waals surface area (Å²) in [5.74, 6) is 6.94. The monoisotopic (exact) mass is 328 g/mol. The van der Waals surface area contributed by atoms with Gasteiger partial charge in [0.15, 0.2) is 9.84 Å². The maximum absolute atomic E-state index is 11.5. The van der Waals surface area contributed by atoms with Crippen LogP contribution in [0.3, 0.4) is 0 Å². The van der Waals surface area contributed by atoms with Crippen LogP contribution < -0.4 is 11.3 Å². The molecule has 21 heavy (non-hydrogen) atoms. The zero-order valence-electron chi connectivity index (χ0n) is 11.4. The number of nitrogens with one attached hydrogen (secondary N) is 1. The SMILES string of the molecule is NNC(CC1CCS(=O)(=O)C1)c1cc2cc(Cl)ccc2o1. The maximum Gasteiger partial charge on any atom is 0.150 e. The van der Waals surface area contributed by atoms with Gasteiger partial charge < -0.3 is 4.42 Å². The van der Waals surface area contributed by atoms with Crippen LogP contribution in [0.5, 0.6) is 0 Å². The molecule has 0 saturated carbocycles. The Labute approximate surface area is 128 Å². The second-order valence-corrected chi connectivity index (χ2v) is 8.22. The lowest BCUT2D eigenvalue weighted by Gasteiger charge is -2.16. The van der Waals surface area contributed by atoms with Gasteiger partial charge in [-0.1, -0.05) is 11.6 Å². The van der Waals surface area contributed by atoms with E-state index in [4.69, 9.17) is 21.9 Å². The highest BCUT2D eigenvalue weighted by Gasteiger charge is 2.30. The molecule has 0 amide bonds. The second kappa shape index (κ2) is 5.61. The second-order valence-electron chi connectivity index (χ2n) is 5.55. The molecule has 3 N–H and O–H groups in total. The van der Waals surface area contributed by atoms with E-state index >= 15 is 0 Å². The van der Waals surface area contributed by atoms with Gasteiger partial charge in [-0.05, 0) is 43.0 Å². The fourth-order valence-corrected chi connectivity index (χ4v) is 4.92. The third-order valence-electron chi connectivity index (χ3n) is 3.94. The van der Waals surface area contributed by atoms with Crippen molar-refractivity contribution in [2.24, 2.45) is 11.8 Å². The standard InChI is InChI=1S/C14H17ClN2O3S/c15-11-1-2-13-10(6-11)7-14(20-13)12(17-16)5-9-3-4-21(18,19)8-9/h1-2,6-7,9,12,17H,3-5,8,16H2. The molecule has 1 aromatic heterocycles. The third-order valence-corrected chi connectivity index (χ3v) is 6.01. The number of halogens is 1. The van der Waals surface area contributed by atoms with Crippen LogP contribution in [-0.4, -0.2) is 19.9 Å². The summed E-state index contributed by atoms with van der Waals surface area (Å²) in [7, 11) is -2.88. The average Bonchev–Trinajstić information content (AvgIpc) is 2.98. The predicted molar refractivity (Wildman–Crippen MR) is 82.7 cm³/mol. The molecule has 2 unspecified atom stereocenters. The first-order valence-electron chi connectivity index (χ1n) is 6.82. The Balaban J connectivity index is 1.81. The van der Waals surface area contributed by atoms with E-state index in [1.807, 2.05) is 18.2 Å². The minimum atomic E-state index is -2.88. The normalized spacial score (nSPS) is 22.7. The summed E-state index contributed by atoms with van der Waals surface area (Å²) in [6.45, 7) is 0. The average molecular weight is 329 g/mol. The highest BCUT2D eigenvalue weighted by molar-refractivity contribution is 7.91. The molecule has 1 aliphatic heterocycles. The molecule has 1 aromatic carbocycles. The fourth-order valence-electron chi connectivity index (χ4n) is 2.86. The lowest BCUT2D eigenvalue weighted by molar-refractivity contribution is 0.367. The molecule has 2 atom stereocenters. The number of hydrogen-bond donors (Lipinski definition) is 2. The first-order chi connectivity index (χ1) is 9.97. The van der Waals surface area contributed by atoms with Crippen LogP contribution >= 0.6 is 11.6 Å². The van der Waals surface area contributed by atoms with Gasteiger partial charge in [-0.2, -0.15) is 0 Å². The molecule has 3 rings (SSSR count). The maximum atomic E-state index is 11.5. The van der Waals surface area contributed by atoms with Gasteiger partial charge in [0.05, 0.1) is 17.5 Å². The van der Waals surface area contributed by atoms with Crippen molar-refractivity contribution in [3.8, 4) is 0 Å². The van der Waals surface area contributed by atoms with Gasteiger partial charge in [-0.3, -0.25) is 5.84 Å². The van der Waals surface area contributed by atoms with Crippen LogP contribution in [0.2, 0.25) is 5.02 Å². The summed E-state index contributed by atoms with van der Waals surface area (Å²) in [6.07, 6.45) is 1.33. The van der Waals surface area contributed by atoms with E-state index in [0.29, 0.717) is 23.6 Å². The number of furan rings is 1. The van der Waals surface area contributed by atoms with Crippen molar-refractivity contribution < 1.29 is 12.8 Å². The molecule has 5 nitrogen and oxygen atoms in total. The summed E-state index contributed by atoms with van der Waals surface area (Å²) >= 11 is 5.96. The Hall–Kier alpha value is -1.08. The Morgan fingerprint density at radius 3 is 2.90 bits per heavy atom. The molecule has 1 aliphatic rings. The van der Waals surface area contributed by atoms with Crippen LogP contribution in [0.4, 0.5) is 0 Å². The van der Waals surface area contributed by atoms with Crippen molar-refractivity contribution in [3.63, 3.8) is 0 Å². The van der Waals surface area contributed by atoms with Gasteiger partial charge >= 0.3 is 0 Å². The zero-order chi connectivity index (χ0) is 15.0. The molecule has 2 heterocycles. The lowest BCUT2D eigenvalue weighted by atomic mass is 9.98. The van der Waals surface area contributed by atoms with E-state index in [9.17, 15) is 8.42 Å². The van der Waals surface area contributed by atoms with E-state index < -0.39 is 9.84 Å². The molecule has 0 bridgehead atoms. The number of fused-ring (bicyclic) bond motifs is 1. The Bertz CT molecular complexity index is 757. The number of rotatable bonds is 4. The van der Waals surface area contributed by atoms with E-state index in [0.717, 1.165) is 11.0 Å². The predicted octanol–water partition coefficient (Wildman–Crippen LogP) is 2.42. The number of benzene rings is 1. The molecule has 0 aliphatic carbocycles. The minimum Gasteiger partial charge on any atom is -0.459 e. The molecule has 1 fully saturated rings. The van der Waals surface area contributed by atoms with Gasteiger partial charge in [0, 0.05) is 10.4 Å². The van der Waals surface area contributed by atoms with E-state index in [-0.39, 0.29) is 23.5 Å². The number of hydrogen-bond acceptors (Lipinski definition) is 5. The van der Waals surface area contributed by atoms with Crippen molar-refractivity contribution in [2.75, 3.05) is 11.5 Å². The van der Waals surface area contributed by atoms with Gasteiger partial charge in [0.25, 0.3) is 0 Å². The number of hydrazine groups is 1. The topological polar surface area (TPSA) is 85.3 Å². The smallest absolute Gasteiger partial charge is 0.150 e. The molecule has 2 aromatic rings. The molecule has 0 spiro atoms. The van der Waals surface area contributed by atoms with Crippen molar-refractivity contribution in [3.05, 3.63) is 35.0 Å². The summed E-state index contributed by atoms with van der Waals surface area (Å²) in [6, 6.07) is 7.11. The van der Waals surface area contributed by atoms with Crippen LogP contribution in [0, 0.1) is 5.92 Å². The Morgan fingerprint density at radius 1 is 1.43 bits per heavy atom. The van der Waals surface area contributed by atoms with Gasteiger partial charge in [-0.15, -0.1) is 0 Å². The van der Waals surface area contributed by atoms with Crippen LogP contribution in [0.25, 0.3) is 11.0 Å². The van der Waals surface area contributed by atoms with Crippen LogP contribution in [0.1, 0.15) is 24.6 Å². The molecular formula is C14H17ClN2O3S. The summed E-state index contributed by atoms with van der Waals surface area (Å²) in [4.78, 5) is 0. The largest absolute Gasteiger partial charge is 0.459 e. The van der Waals surface area contributed by atoms with E-state index in [1.54, 1.807) is 6.07 Å². The Kier molecular flexibility index (Phi) is 3.96. The molecule has 114 valence electrons. The minimum absolute atomic E-state index is 0.118. The van der Waals surface area contributed by atoms with Gasteiger partial charge in [-0.25, -0.2) is 13.8 Å². The highest BCUT2D eigenvalue weighted by Crippen LogP contribution is 2.32. The number of nitrogens with two attached hydrogens (primary N) is 1. The summed E-state index contributed by atoms with van der Waals surface area (Å²) in [5.41, 5.74) is 3.47. The van der Waals surface area contributed by atoms with Crippen LogP contribution in [0.15, 0.2) is 28.7 Å². The van der Waals surface area contributed by atoms with Gasteiger partial charge in [0.1, 0.15) is 11.3 Å². The molecule has 7 heteroatoms. The van der Waals surface area contributed by atoms with Crippen molar-refractivity contribution in [1.29, 1.82) is 0 Å². The molecule has 1 saturated heterocycles. The zero-order valence-corrected chi connectivity index (χ0v) is 13.0. The highest BCUT2D eigenvalue weighted by atomic mass is 35.5. The third kappa shape index (κ3) is 3.23. The van der Waals surface area contributed by atoms with E-state index in [2.05, 4.69) is 5.43 Å². The van der Waals surface area contributed by atoms with E-state index in [1.165, 1.54) is 0 Å². The molecular weight excluding hydrogens is 312 g/mol. The van der Waals surface area contributed by atoms with Crippen molar-refractivity contribution >= 4 is 32.4 Å².